The van der Waals surface area contributed by atoms with Gasteiger partial charge in [-0.2, -0.15) is 0 Å². The minimum atomic E-state index is 0.0231. The molecule has 2 aromatic rings. The van der Waals surface area contributed by atoms with Crippen LogP contribution < -0.4 is 11.3 Å². The number of hydrazine groups is 1. The molecule has 0 radical (unpaired) electrons. The van der Waals surface area contributed by atoms with E-state index in [0.717, 1.165) is 35.5 Å². The first-order valence-electron chi connectivity index (χ1n) is 6.49. The molecular weight excluding hydrogens is 258 g/mol. The Morgan fingerprint density at radius 2 is 2.16 bits per heavy atom. The molecule has 0 aliphatic carbocycles. The maximum Gasteiger partial charge on any atom is 0.0801 e. The van der Waals surface area contributed by atoms with Crippen molar-refractivity contribution < 1.29 is 0 Å². The molecule has 2 rings (SSSR count). The van der Waals surface area contributed by atoms with Gasteiger partial charge < -0.3 is 0 Å². The Hall–Kier alpha value is -1.37. The van der Waals surface area contributed by atoms with E-state index < -0.39 is 0 Å². The van der Waals surface area contributed by atoms with Gasteiger partial charge in [-0.25, -0.2) is 0 Å². The van der Waals surface area contributed by atoms with Crippen LogP contribution in [0.2, 0.25) is 0 Å². The van der Waals surface area contributed by atoms with Gasteiger partial charge in [0.05, 0.1) is 16.6 Å². The summed E-state index contributed by atoms with van der Waals surface area (Å²) >= 11 is 1.40. The van der Waals surface area contributed by atoms with Crippen molar-refractivity contribution in [1.29, 1.82) is 0 Å². The quantitative estimate of drug-likeness (QED) is 0.622. The maximum absolute atomic E-state index is 5.66. The summed E-state index contributed by atoms with van der Waals surface area (Å²) in [5, 5.41) is 4.13. The third-order valence-corrected chi connectivity index (χ3v) is 4.03. The van der Waals surface area contributed by atoms with Crippen LogP contribution in [0.25, 0.3) is 0 Å². The first-order chi connectivity index (χ1) is 9.28. The van der Waals surface area contributed by atoms with Crippen molar-refractivity contribution in [1.82, 2.24) is 20.0 Å². The number of hydrogen-bond donors (Lipinski definition) is 2. The van der Waals surface area contributed by atoms with Crippen LogP contribution in [0.1, 0.15) is 41.7 Å². The highest BCUT2D eigenvalue weighted by Crippen LogP contribution is 2.23. The van der Waals surface area contributed by atoms with Crippen LogP contribution in [0, 0.1) is 0 Å². The van der Waals surface area contributed by atoms with Crippen molar-refractivity contribution in [3.8, 4) is 0 Å². The van der Waals surface area contributed by atoms with Crippen LogP contribution >= 0.6 is 11.5 Å². The van der Waals surface area contributed by atoms with E-state index in [-0.39, 0.29) is 6.04 Å². The molecule has 0 bridgehead atoms. The minimum absolute atomic E-state index is 0.0231. The minimum Gasteiger partial charge on any atom is -0.271 e. The van der Waals surface area contributed by atoms with Gasteiger partial charge in [0.15, 0.2) is 0 Å². The number of aromatic nitrogens is 3. The average molecular weight is 277 g/mol. The summed E-state index contributed by atoms with van der Waals surface area (Å²) in [5.74, 6) is 5.66. The molecule has 0 amide bonds. The highest BCUT2D eigenvalue weighted by atomic mass is 32.1. The molecule has 2 aromatic heterocycles. The molecule has 3 N–H and O–H groups in total. The van der Waals surface area contributed by atoms with Crippen LogP contribution in [0.5, 0.6) is 0 Å². The molecule has 102 valence electrons. The first-order valence-corrected chi connectivity index (χ1v) is 7.26. The summed E-state index contributed by atoms with van der Waals surface area (Å²) in [5.41, 5.74) is 6.13. The van der Waals surface area contributed by atoms with Crippen LogP contribution in [-0.2, 0) is 19.3 Å². The maximum atomic E-state index is 5.66. The molecule has 0 aliphatic heterocycles. The Kier molecular flexibility index (Phi) is 4.95. The van der Waals surface area contributed by atoms with Gasteiger partial charge in [0.2, 0.25) is 0 Å². The highest BCUT2D eigenvalue weighted by molar-refractivity contribution is 7.05. The van der Waals surface area contributed by atoms with E-state index in [1.54, 1.807) is 0 Å². The Labute approximate surface area is 117 Å². The zero-order chi connectivity index (χ0) is 13.7. The number of hydrogen-bond acceptors (Lipinski definition) is 6. The summed E-state index contributed by atoms with van der Waals surface area (Å²) in [6, 6.07) is 4.19. The van der Waals surface area contributed by atoms with E-state index in [2.05, 4.69) is 46.0 Å². The van der Waals surface area contributed by atoms with E-state index in [1.807, 2.05) is 6.20 Å². The van der Waals surface area contributed by atoms with Crippen LogP contribution in [0.4, 0.5) is 0 Å². The molecule has 6 heteroatoms. The lowest BCUT2D eigenvalue weighted by molar-refractivity contribution is 0.549. The molecule has 0 spiro atoms. The zero-order valence-corrected chi connectivity index (χ0v) is 12.1. The normalized spacial score (nSPS) is 12.6. The topological polar surface area (TPSA) is 76.7 Å². The molecule has 2 heterocycles. The Balaban J connectivity index is 2.14. The summed E-state index contributed by atoms with van der Waals surface area (Å²) in [7, 11) is 0. The molecule has 5 nitrogen and oxygen atoms in total. The van der Waals surface area contributed by atoms with Crippen molar-refractivity contribution in [2.45, 2.75) is 39.2 Å². The molecular formula is C13H19N5S. The van der Waals surface area contributed by atoms with Gasteiger partial charge in [-0.15, -0.1) is 5.10 Å². The second-order valence-corrected chi connectivity index (χ2v) is 5.16. The second kappa shape index (κ2) is 6.70. The fourth-order valence-corrected chi connectivity index (χ4v) is 2.74. The molecule has 0 aliphatic rings. The van der Waals surface area contributed by atoms with Crippen molar-refractivity contribution >= 4 is 11.5 Å². The molecule has 0 saturated heterocycles. The lowest BCUT2D eigenvalue weighted by Gasteiger charge is -2.14. The second-order valence-electron chi connectivity index (χ2n) is 4.37. The average Bonchev–Trinajstić information content (AvgIpc) is 2.93. The third-order valence-electron chi connectivity index (χ3n) is 3.15. The fraction of sp³-hybridized carbons (Fsp3) is 0.462. The molecule has 0 saturated carbocycles. The van der Waals surface area contributed by atoms with Crippen molar-refractivity contribution in [3.05, 3.63) is 40.2 Å². The van der Waals surface area contributed by atoms with E-state index in [4.69, 9.17) is 5.84 Å². The number of nitrogens with one attached hydrogen (secondary N) is 1. The van der Waals surface area contributed by atoms with Crippen molar-refractivity contribution in [2.75, 3.05) is 0 Å². The van der Waals surface area contributed by atoms with Gasteiger partial charge in [-0.3, -0.25) is 16.3 Å². The first kappa shape index (κ1) is 14.0. The summed E-state index contributed by atoms with van der Waals surface area (Å²) in [4.78, 5) is 5.57. The lowest BCUT2D eigenvalue weighted by Crippen LogP contribution is -2.29. The fourth-order valence-electron chi connectivity index (χ4n) is 1.95. The summed E-state index contributed by atoms with van der Waals surface area (Å²) in [6.07, 6.45) is 4.54. The van der Waals surface area contributed by atoms with Crippen LogP contribution in [0.15, 0.2) is 18.3 Å². The van der Waals surface area contributed by atoms with E-state index in [1.165, 1.54) is 17.1 Å². The monoisotopic (exact) mass is 277 g/mol. The Morgan fingerprint density at radius 1 is 1.32 bits per heavy atom. The molecule has 0 aromatic carbocycles. The number of nitrogens with two attached hydrogens (primary N) is 1. The van der Waals surface area contributed by atoms with Gasteiger partial charge in [-0.05, 0) is 36.0 Å². The zero-order valence-electron chi connectivity index (χ0n) is 11.3. The van der Waals surface area contributed by atoms with Gasteiger partial charge >= 0.3 is 0 Å². The Morgan fingerprint density at radius 3 is 2.74 bits per heavy atom. The predicted molar refractivity (Wildman–Crippen MR) is 76.7 cm³/mol. The third kappa shape index (κ3) is 3.34. The summed E-state index contributed by atoms with van der Waals surface area (Å²) in [6.45, 7) is 4.19. The van der Waals surface area contributed by atoms with Crippen molar-refractivity contribution in [3.63, 3.8) is 0 Å². The van der Waals surface area contributed by atoms with Crippen LogP contribution in [0.3, 0.4) is 0 Å². The predicted octanol–water partition coefficient (Wildman–Crippen LogP) is 1.80. The lowest BCUT2D eigenvalue weighted by atomic mass is 10.1. The van der Waals surface area contributed by atoms with E-state index in [9.17, 15) is 0 Å². The Bertz CT molecular complexity index is 508. The van der Waals surface area contributed by atoms with Gasteiger partial charge in [0.25, 0.3) is 0 Å². The molecule has 1 unspecified atom stereocenters. The van der Waals surface area contributed by atoms with Gasteiger partial charge in [-0.1, -0.05) is 24.4 Å². The van der Waals surface area contributed by atoms with Gasteiger partial charge in [0, 0.05) is 18.3 Å². The molecule has 19 heavy (non-hydrogen) atoms. The van der Waals surface area contributed by atoms with Crippen molar-refractivity contribution in [2.24, 2.45) is 5.84 Å². The SMILES string of the molecule is CCc1ccc(CC(NN)c2snnc2CC)nc1. The molecule has 1 atom stereocenters. The van der Waals surface area contributed by atoms with E-state index >= 15 is 0 Å². The number of rotatable bonds is 6. The summed E-state index contributed by atoms with van der Waals surface area (Å²) < 4.78 is 4.01. The standard InChI is InChI=1S/C13H19N5S/c1-3-9-5-6-10(15-8-9)7-12(16-14)13-11(4-2)17-18-19-13/h5-6,8,12,16H,3-4,7,14H2,1-2H3. The number of nitrogens with zero attached hydrogens (tertiary/aromatic N) is 3. The van der Waals surface area contributed by atoms with E-state index in [0.29, 0.717) is 0 Å². The smallest absolute Gasteiger partial charge is 0.0801 e. The van der Waals surface area contributed by atoms with Gasteiger partial charge in [0.1, 0.15) is 0 Å². The molecule has 0 fully saturated rings. The number of pyridine rings is 1. The van der Waals surface area contributed by atoms with Crippen LogP contribution in [-0.4, -0.2) is 14.6 Å². The highest BCUT2D eigenvalue weighted by Gasteiger charge is 2.18. The largest absolute Gasteiger partial charge is 0.271 e. The number of aryl methyl sites for hydroxylation is 2.